The van der Waals surface area contributed by atoms with Gasteiger partial charge in [0, 0.05) is 32.4 Å². The van der Waals surface area contributed by atoms with Gasteiger partial charge >= 0.3 is 6.03 Å². The average Bonchev–Trinajstić information content (AvgIpc) is 3.35. The second-order valence-electron chi connectivity index (χ2n) is 7.53. The van der Waals surface area contributed by atoms with E-state index >= 15 is 0 Å². The summed E-state index contributed by atoms with van der Waals surface area (Å²) in [5.74, 6) is 0.673. The molecule has 1 aliphatic carbocycles. The van der Waals surface area contributed by atoms with Crippen molar-refractivity contribution < 1.29 is 9.53 Å². The van der Waals surface area contributed by atoms with Gasteiger partial charge in [0.2, 0.25) is 0 Å². The Labute approximate surface area is 149 Å². The second-order valence-corrected chi connectivity index (χ2v) is 7.53. The topological polar surface area (TPSA) is 57.7 Å². The van der Waals surface area contributed by atoms with Crippen molar-refractivity contribution in [1.29, 1.82) is 0 Å². The van der Waals surface area contributed by atoms with Crippen molar-refractivity contribution in [3.05, 3.63) is 23.4 Å². The van der Waals surface area contributed by atoms with E-state index in [9.17, 15) is 4.79 Å². The zero-order valence-electron chi connectivity index (χ0n) is 15.0. The zero-order chi connectivity index (χ0) is 17.2. The van der Waals surface area contributed by atoms with Gasteiger partial charge in [0.15, 0.2) is 0 Å². The monoisotopic (exact) mass is 344 g/mol. The molecule has 0 radical (unpaired) electrons. The fourth-order valence-electron chi connectivity index (χ4n) is 4.43. The largest absolute Gasteiger partial charge is 0.380 e. The smallest absolute Gasteiger partial charge is 0.323 e. The molecule has 2 aliphatic heterocycles. The van der Waals surface area contributed by atoms with Crippen molar-refractivity contribution in [1.82, 2.24) is 14.8 Å². The van der Waals surface area contributed by atoms with Gasteiger partial charge in [-0.25, -0.2) is 9.78 Å². The Bertz CT molecular complexity index is 630. The zero-order valence-corrected chi connectivity index (χ0v) is 15.0. The van der Waals surface area contributed by atoms with Crippen LogP contribution in [0.4, 0.5) is 10.6 Å². The van der Waals surface area contributed by atoms with Crippen molar-refractivity contribution in [2.75, 3.05) is 38.6 Å². The number of hydrogen-bond acceptors (Lipinski definition) is 4. The molecule has 1 aromatic heterocycles. The van der Waals surface area contributed by atoms with Crippen molar-refractivity contribution in [2.45, 2.75) is 50.7 Å². The van der Waals surface area contributed by atoms with Crippen LogP contribution in [-0.4, -0.2) is 66.2 Å². The van der Waals surface area contributed by atoms with Gasteiger partial charge in [0.25, 0.3) is 0 Å². The first-order valence-electron chi connectivity index (χ1n) is 9.53. The van der Waals surface area contributed by atoms with E-state index in [0.29, 0.717) is 12.4 Å². The number of aryl methyl sites for hydroxylation is 2. The van der Waals surface area contributed by atoms with Crippen LogP contribution < -0.4 is 5.32 Å². The molecule has 136 valence electrons. The molecule has 0 bridgehead atoms. The van der Waals surface area contributed by atoms with Gasteiger partial charge in [-0.3, -0.25) is 5.32 Å². The number of nitrogens with one attached hydrogen (secondary N) is 1. The molecule has 2 saturated heterocycles. The van der Waals surface area contributed by atoms with Crippen LogP contribution in [0.2, 0.25) is 0 Å². The van der Waals surface area contributed by atoms with Gasteiger partial charge in [0.05, 0.1) is 6.10 Å². The highest BCUT2D eigenvalue weighted by atomic mass is 16.5. The van der Waals surface area contributed by atoms with Crippen LogP contribution in [-0.2, 0) is 17.6 Å². The highest BCUT2D eigenvalue weighted by Gasteiger charge is 2.36. The van der Waals surface area contributed by atoms with E-state index in [0.717, 1.165) is 38.9 Å². The number of methoxy groups -OCH3 is 1. The highest BCUT2D eigenvalue weighted by molar-refractivity contribution is 5.89. The molecule has 4 rings (SSSR count). The number of hydrogen-bond donors (Lipinski definition) is 1. The summed E-state index contributed by atoms with van der Waals surface area (Å²) in [4.78, 5) is 21.7. The molecule has 0 aromatic carbocycles. The molecule has 25 heavy (non-hydrogen) atoms. The van der Waals surface area contributed by atoms with E-state index in [1.165, 1.54) is 30.4 Å². The van der Waals surface area contributed by atoms with Crippen molar-refractivity contribution in [2.24, 2.45) is 0 Å². The second kappa shape index (κ2) is 7.30. The minimum Gasteiger partial charge on any atom is -0.380 e. The van der Waals surface area contributed by atoms with E-state index in [4.69, 9.17) is 4.74 Å². The number of fused-ring (bicyclic) bond motifs is 1. The quantitative estimate of drug-likeness (QED) is 0.910. The molecule has 0 saturated carbocycles. The maximum Gasteiger partial charge on any atom is 0.323 e. The molecular formula is C19H28N4O2. The van der Waals surface area contributed by atoms with Gasteiger partial charge in [-0.1, -0.05) is 0 Å². The third kappa shape index (κ3) is 3.65. The summed E-state index contributed by atoms with van der Waals surface area (Å²) in [5.41, 5.74) is 2.65. The summed E-state index contributed by atoms with van der Waals surface area (Å²) in [7, 11) is 1.74. The number of carbonyl (C=O) groups is 1. The number of nitrogens with zero attached hydrogens (tertiary/aromatic N) is 3. The number of carbonyl (C=O) groups excluding carboxylic acids is 1. The molecule has 0 spiro atoms. The number of urea groups is 1. The van der Waals surface area contributed by atoms with Gasteiger partial charge < -0.3 is 14.5 Å². The van der Waals surface area contributed by atoms with Crippen LogP contribution in [0.1, 0.15) is 36.8 Å². The molecule has 1 aromatic rings. The van der Waals surface area contributed by atoms with Crippen LogP contribution in [0.15, 0.2) is 12.3 Å². The van der Waals surface area contributed by atoms with E-state index in [1.807, 2.05) is 17.2 Å². The van der Waals surface area contributed by atoms with E-state index in [1.54, 1.807) is 7.11 Å². The van der Waals surface area contributed by atoms with Crippen LogP contribution in [0, 0.1) is 0 Å². The van der Waals surface area contributed by atoms with Crippen molar-refractivity contribution in [3.8, 4) is 0 Å². The third-order valence-corrected chi connectivity index (χ3v) is 5.85. The molecule has 2 amide bonds. The lowest BCUT2D eigenvalue weighted by molar-refractivity contribution is 0.111. The first-order chi connectivity index (χ1) is 12.2. The Morgan fingerprint density at radius 1 is 1.28 bits per heavy atom. The molecule has 0 unspecified atom stereocenters. The SMILES string of the molecule is CO[C@H]1C[C@@H](CN2CCCC2)N(C(=O)Nc2cc3c(cn2)CCC3)C1. The number of amides is 2. The summed E-state index contributed by atoms with van der Waals surface area (Å²) in [5, 5.41) is 3.01. The number of anilines is 1. The van der Waals surface area contributed by atoms with E-state index in [-0.39, 0.29) is 18.2 Å². The predicted molar refractivity (Wildman–Crippen MR) is 96.9 cm³/mol. The van der Waals surface area contributed by atoms with E-state index < -0.39 is 0 Å². The molecule has 2 atom stereocenters. The maximum atomic E-state index is 12.9. The molecule has 6 nitrogen and oxygen atoms in total. The Kier molecular flexibility index (Phi) is 4.90. The maximum absolute atomic E-state index is 12.9. The number of ether oxygens (including phenoxy) is 1. The number of rotatable bonds is 4. The summed E-state index contributed by atoms with van der Waals surface area (Å²) in [6.45, 7) is 3.91. The van der Waals surface area contributed by atoms with Crippen molar-refractivity contribution >= 4 is 11.8 Å². The Morgan fingerprint density at radius 3 is 2.88 bits per heavy atom. The summed E-state index contributed by atoms with van der Waals surface area (Å²) in [6.07, 6.45) is 8.89. The fourth-order valence-corrected chi connectivity index (χ4v) is 4.43. The standard InChI is InChI=1S/C19H28N4O2/c1-25-17-10-16(12-22-7-2-3-8-22)23(13-17)19(24)21-18-9-14-5-4-6-15(14)11-20-18/h9,11,16-17H,2-8,10,12-13H2,1H3,(H,20,21,24)/t16-,17-/m0/s1. The van der Waals surface area contributed by atoms with E-state index in [2.05, 4.69) is 15.2 Å². The van der Waals surface area contributed by atoms with Crippen LogP contribution in [0.25, 0.3) is 0 Å². The number of likely N-dealkylation sites (tertiary alicyclic amines) is 2. The fraction of sp³-hybridized carbons (Fsp3) is 0.684. The molecule has 2 fully saturated rings. The van der Waals surface area contributed by atoms with Crippen LogP contribution in [0.3, 0.4) is 0 Å². The lowest BCUT2D eigenvalue weighted by Gasteiger charge is -2.28. The van der Waals surface area contributed by atoms with Gasteiger partial charge in [-0.15, -0.1) is 0 Å². The third-order valence-electron chi connectivity index (χ3n) is 5.85. The minimum atomic E-state index is -0.0470. The van der Waals surface area contributed by atoms with Gasteiger partial charge in [-0.2, -0.15) is 0 Å². The first kappa shape index (κ1) is 16.8. The normalized spacial score (nSPS) is 26.2. The Morgan fingerprint density at radius 2 is 2.08 bits per heavy atom. The van der Waals surface area contributed by atoms with Crippen LogP contribution in [0.5, 0.6) is 0 Å². The lowest BCUT2D eigenvalue weighted by Crippen LogP contribution is -2.44. The average molecular weight is 344 g/mol. The molecular weight excluding hydrogens is 316 g/mol. The molecule has 1 N–H and O–H groups in total. The number of pyridine rings is 1. The number of aromatic nitrogens is 1. The Hall–Kier alpha value is -1.66. The van der Waals surface area contributed by atoms with Crippen molar-refractivity contribution in [3.63, 3.8) is 0 Å². The summed E-state index contributed by atoms with van der Waals surface area (Å²) >= 11 is 0. The summed E-state index contributed by atoms with van der Waals surface area (Å²) in [6, 6.07) is 2.21. The van der Waals surface area contributed by atoms with Gasteiger partial charge in [0.1, 0.15) is 5.82 Å². The highest BCUT2D eigenvalue weighted by Crippen LogP contribution is 2.25. The van der Waals surface area contributed by atoms with Crippen LogP contribution >= 0.6 is 0 Å². The minimum absolute atomic E-state index is 0.0470. The predicted octanol–water partition coefficient (Wildman–Crippen LogP) is 2.29. The molecule has 6 heteroatoms. The molecule has 3 aliphatic rings. The van der Waals surface area contributed by atoms with Gasteiger partial charge in [-0.05, 0) is 68.8 Å². The molecule has 3 heterocycles. The lowest BCUT2D eigenvalue weighted by atomic mass is 10.2. The first-order valence-corrected chi connectivity index (χ1v) is 9.53. The summed E-state index contributed by atoms with van der Waals surface area (Å²) < 4.78 is 5.54. The Balaban J connectivity index is 1.43.